The Labute approximate surface area is 130 Å². The molecule has 0 aliphatic carbocycles. The average Bonchev–Trinajstić information content (AvgIpc) is 2.58. The van der Waals surface area contributed by atoms with Crippen LogP contribution in [0, 0.1) is 6.92 Å². The van der Waals surface area contributed by atoms with Gasteiger partial charge in [-0.25, -0.2) is 4.98 Å². The summed E-state index contributed by atoms with van der Waals surface area (Å²) in [4.78, 5) is 17.8. The molecule has 0 unspecified atom stereocenters. The summed E-state index contributed by atoms with van der Waals surface area (Å²) in [5.41, 5.74) is 6.87. The van der Waals surface area contributed by atoms with Crippen LogP contribution >= 0.6 is 0 Å². The zero-order valence-corrected chi connectivity index (χ0v) is 13.0. The molecule has 3 rings (SSSR count). The second-order valence-electron chi connectivity index (χ2n) is 5.29. The van der Waals surface area contributed by atoms with E-state index in [0.717, 1.165) is 43.4 Å². The number of anilines is 4. The molecule has 1 fully saturated rings. The molecule has 3 heterocycles. The predicted molar refractivity (Wildman–Crippen MR) is 89.4 cm³/mol. The van der Waals surface area contributed by atoms with Crippen LogP contribution in [0.25, 0.3) is 0 Å². The topological polar surface area (TPSA) is 83.2 Å². The molecule has 1 saturated heterocycles. The Morgan fingerprint density at radius 1 is 1.09 bits per heavy atom. The molecule has 22 heavy (non-hydrogen) atoms. The number of aromatic nitrogens is 3. The van der Waals surface area contributed by atoms with E-state index in [0.29, 0.717) is 11.8 Å². The first kappa shape index (κ1) is 14.4. The molecule has 0 bridgehead atoms. The third-order valence-electron chi connectivity index (χ3n) is 3.94. The molecule has 3 N–H and O–H groups in total. The summed E-state index contributed by atoms with van der Waals surface area (Å²) in [6, 6.07) is 5.98. The first-order valence-electron chi connectivity index (χ1n) is 7.42. The lowest BCUT2D eigenvalue weighted by Crippen LogP contribution is -2.47. The molecule has 2 aromatic rings. The average molecular weight is 299 g/mol. The van der Waals surface area contributed by atoms with Crippen molar-refractivity contribution in [3.63, 3.8) is 0 Å². The van der Waals surface area contributed by atoms with Gasteiger partial charge in [0.1, 0.15) is 17.5 Å². The van der Waals surface area contributed by atoms with Crippen molar-refractivity contribution in [1.29, 1.82) is 0 Å². The Bertz CT molecular complexity index is 636. The Morgan fingerprint density at radius 3 is 2.45 bits per heavy atom. The van der Waals surface area contributed by atoms with E-state index in [4.69, 9.17) is 5.73 Å². The van der Waals surface area contributed by atoms with Crippen LogP contribution in [0.2, 0.25) is 0 Å². The van der Waals surface area contributed by atoms with Crippen molar-refractivity contribution in [1.82, 2.24) is 15.0 Å². The van der Waals surface area contributed by atoms with Crippen molar-refractivity contribution >= 4 is 23.4 Å². The van der Waals surface area contributed by atoms with Gasteiger partial charge >= 0.3 is 0 Å². The number of hydrogen-bond donors (Lipinski definition) is 2. The highest BCUT2D eigenvalue weighted by molar-refractivity contribution is 5.58. The maximum atomic E-state index is 5.98. The maximum Gasteiger partial charge on any atom is 0.229 e. The fourth-order valence-corrected chi connectivity index (χ4v) is 2.58. The Balaban J connectivity index is 1.73. The van der Waals surface area contributed by atoms with Gasteiger partial charge in [-0.1, -0.05) is 6.07 Å². The van der Waals surface area contributed by atoms with E-state index >= 15 is 0 Å². The number of nitrogens with one attached hydrogen (secondary N) is 1. The first-order chi connectivity index (χ1) is 10.7. The summed E-state index contributed by atoms with van der Waals surface area (Å²) in [5.74, 6) is 3.02. The summed E-state index contributed by atoms with van der Waals surface area (Å²) >= 11 is 0. The van der Waals surface area contributed by atoms with Gasteiger partial charge in [-0.3, -0.25) is 0 Å². The largest absolute Gasteiger partial charge is 0.383 e. The van der Waals surface area contributed by atoms with Gasteiger partial charge in [0, 0.05) is 45.0 Å². The minimum atomic E-state index is 0.529. The van der Waals surface area contributed by atoms with Gasteiger partial charge in [-0.15, -0.1) is 0 Å². The van der Waals surface area contributed by atoms with E-state index < -0.39 is 0 Å². The molecular weight excluding hydrogens is 278 g/mol. The van der Waals surface area contributed by atoms with E-state index in [2.05, 4.69) is 30.1 Å². The molecule has 2 aromatic heterocycles. The van der Waals surface area contributed by atoms with Crippen LogP contribution in [-0.2, 0) is 0 Å². The van der Waals surface area contributed by atoms with Crippen LogP contribution in [0.5, 0.6) is 0 Å². The summed E-state index contributed by atoms with van der Waals surface area (Å²) in [6.07, 6.45) is 1.82. The molecular formula is C15H21N7. The monoisotopic (exact) mass is 299 g/mol. The zero-order valence-electron chi connectivity index (χ0n) is 13.0. The second kappa shape index (κ2) is 6.05. The smallest absolute Gasteiger partial charge is 0.229 e. The fraction of sp³-hybridized carbons (Fsp3) is 0.400. The standard InChI is InChI=1S/C15H21N7/c1-11-13(16)19-15(20-14(11)17-2)22-9-7-21(8-10-22)12-5-3-4-6-18-12/h3-6H,7-10H2,1-2H3,(H3,16,17,19,20). The van der Waals surface area contributed by atoms with Crippen LogP contribution in [0.4, 0.5) is 23.4 Å². The van der Waals surface area contributed by atoms with Gasteiger partial charge in [0.15, 0.2) is 0 Å². The molecule has 116 valence electrons. The number of rotatable bonds is 3. The second-order valence-corrected chi connectivity index (χ2v) is 5.29. The third-order valence-corrected chi connectivity index (χ3v) is 3.94. The van der Waals surface area contributed by atoms with Gasteiger partial charge in [-0.2, -0.15) is 9.97 Å². The Kier molecular flexibility index (Phi) is 3.95. The molecule has 0 saturated carbocycles. The number of nitrogens with zero attached hydrogens (tertiary/aromatic N) is 5. The Morgan fingerprint density at radius 2 is 1.82 bits per heavy atom. The lowest BCUT2D eigenvalue weighted by Gasteiger charge is -2.35. The lowest BCUT2D eigenvalue weighted by molar-refractivity contribution is 0.635. The van der Waals surface area contributed by atoms with Crippen molar-refractivity contribution in [2.75, 3.05) is 54.1 Å². The summed E-state index contributed by atoms with van der Waals surface area (Å²) in [6.45, 7) is 5.40. The van der Waals surface area contributed by atoms with Crippen LogP contribution in [0.3, 0.4) is 0 Å². The van der Waals surface area contributed by atoms with Gasteiger partial charge in [0.2, 0.25) is 5.95 Å². The minimum Gasteiger partial charge on any atom is -0.383 e. The summed E-state index contributed by atoms with van der Waals surface area (Å²) < 4.78 is 0. The third kappa shape index (κ3) is 2.74. The van der Waals surface area contributed by atoms with E-state index in [1.165, 1.54) is 0 Å². The van der Waals surface area contributed by atoms with Crippen molar-refractivity contribution in [3.8, 4) is 0 Å². The van der Waals surface area contributed by atoms with Crippen molar-refractivity contribution in [2.24, 2.45) is 0 Å². The molecule has 1 aliphatic heterocycles. The van der Waals surface area contributed by atoms with E-state index in [9.17, 15) is 0 Å². The van der Waals surface area contributed by atoms with Crippen LogP contribution < -0.4 is 20.9 Å². The number of piperazine rings is 1. The summed E-state index contributed by atoms with van der Waals surface area (Å²) in [5, 5.41) is 3.07. The number of nitrogens with two attached hydrogens (primary N) is 1. The predicted octanol–water partition coefficient (Wildman–Crippen LogP) is 1.13. The number of pyridine rings is 1. The van der Waals surface area contributed by atoms with E-state index in [-0.39, 0.29) is 0 Å². The van der Waals surface area contributed by atoms with Crippen LogP contribution in [-0.4, -0.2) is 48.2 Å². The number of hydrogen-bond acceptors (Lipinski definition) is 7. The molecule has 7 nitrogen and oxygen atoms in total. The van der Waals surface area contributed by atoms with Crippen molar-refractivity contribution in [3.05, 3.63) is 30.0 Å². The molecule has 0 radical (unpaired) electrons. The molecule has 0 spiro atoms. The molecule has 0 amide bonds. The minimum absolute atomic E-state index is 0.529. The van der Waals surface area contributed by atoms with Gasteiger partial charge < -0.3 is 20.9 Å². The lowest BCUT2D eigenvalue weighted by atomic mass is 10.3. The van der Waals surface area contributed by atoms with Gasteiger partial charge in [0.05, 0.1) is 0 Å². The quantitative estimate of drug-likeness (QED) is 0.879. The fourth-order valence-electron chi connectivity index (χ4n) is 2.58. The van der Waals surface area contributed by atoms with Gasteiger partial charge in [0.25, 0.3) is 0 Å². The highest BCUT2D eigenvalue weighted by Gasteiger charge is 2.21. The molecule has 1 aliphatic rings. The molecule has 0 atom stereocenters. The maximum absolute atomic E-state index is 5.98. The molecule has 0 aromatic carbocycles. The van der Waals surface area contributed by atoms with E-state index in [1.54, 1.807) is 0 Å². The highest BCUT2D eigenvalue weighted by atomic mass is 15.3. The van der Waals surface area contributed by atoms with Crippen LogP contribution in [0.1, 0.15) is 5.56 Å². The van der Waals surface area contributed by atoms with Crippen molar-refractivity contribution in [2.45, 2.75) is 6.92 Å². The molecule has 7 heteroatoms. The highest BCUT2D eigenvalue weighted by Crippen LogP contribution is 2.22. The Hall–Kier alpha value is -2.57. The SMILES string of the molecule is CNc1nc(N2CCN(c3ccccn3)CC2)nc(N)c1C. The summed E-state index contributed by atoms with van der Waals surface area (Å²) in [7, 11) is 1.84. The first-order valence-corrected chi connectivity index (χ1v) is 7.42. The normalized spacial score (nSPS) is 15.0. The van der Waals surface area contributed by atoms with E-state index in [1.807, 2.05) is 38.4 Å². The van der Waals surface area contributed by atoms with Gasteiger partial charge in [-0.05, 0) is 19.1 Å². The zero-order chi connectivity index (χ0) is 15.5. The number of nitrogen functional groups attached to an aromatic ring is 1. The van der Waals surface area contributed by atoms with Crippen molar-refractivity contribution < 1.29 is 0 Å². The van der Waals surface area contributed by atoms with Crippen LogP contribution in [0.15, 0.2) is 24.4 Å².